The summed E-state index contributed by atoms with van der Waals surface area (Å²) in [5, 5.41) is 5.33. The monoisotopic (exact) mass is 359 g/mol. The van der Waals surface area contributed by atoms with E-state index in [2.05, 4.69) is 56.6 Å². The number of hydrogen-bond donors (Lipinski definition) is 1. The molecule has 0 amide bonds. The summed E-state index contributed by atoms with van der Waals surface area (Å²) in [4.78, 5) is 8.08. The van der Waals surface area contributed by atoms with Gasteiger partial charge in [0.25, 0.3) is 0 Å². The highest BCUT2D eigenvalue weighted by molar-refractivity contribution is 9.10. The first-order valence-corrected chi connectivity index (χ1v) is 8.63. The van der Waals surface area contributed by atoms with Gasteiger partial charge in [0.1, 0.15) is 0 Å². The van der Waals surface area contributed by atoms with Gasteiger partial charge >= 0.3 is 0 Å². The number of nitrogens with two attached hydrogens (primary N) is 1. The minimum Gasteiger partial charge on any atom is -0.326 e. The Balaban J connectivity index is 2.15. The summed E-state index contributed by atoms with van der Waals surface area (Å²) in [5.41, 5.74) is 7.29. The van der Waals surface area contributed by atoms with Crippen molar-refractivity contribution in [3.05, 3.63) is 36.9 Å². The molecule has 0 bridgehead atoms. The van der Waals surface area contributed by atoms with Crippen molar-refractivity contribution in [2.75, 3.05) is 7.05 Å². The second kappa shape index (κ2) is 6.45. The van der Waals surface area contributed by atoms with Gasteiger partial charge in [0, 0.05) is 32.7 Å². The number of nitrogens with zero attached hydrogens (tertiary/aromatic N) is 2. The maximum Gasteiger partial charge on any atom is 0.0897 e. The summed E-state index contributed by atoms with van der Waals surface area (Å²) >= 11 is 6.95. The molecule has 0 saturated heterocycles. The molecule has 2 N–H and O–H groups in total. The molecule has 2 aromatic heterocycles. The fraction of sp³-hybridized carbons (Fsp3) is 0.462. The minimum atomic E-state index is 0.0790. The first-order valence-electron chi connectivity index (χ1n) is 6.08. The Hall–Kier alpha value is -0.270. The molecule has 0 aliphatic heterocycles. The molecule has 2 atom stereocenters. The number of hydrogen-bond acceptors (Lipinski definition) is 5. The van der Waals surface area contributed by atoms with Crippen LogP contribution in [0.3, 0.4) is 0 Å². The molecule has 0 aliphatic carbocycles. The van der Waals surface area contributed by atoms with Crippen LogP contribution in [0.4, 0.5) is 0 Å². The second-order valence-electron chi connectivity index (χ2n) is 4.74. The lowest BCUT2D eigenvalue weighted by Crippen LogP contribution is -2.36. The maximum atomic E-state index is 6.17. The third-order valence-electron chi connectivity index (χ3n) is 2.93. The van der Waals surface area contributed by atoms with Crippen molar-refractivity contribution >= 4 is 38.6 Å². The fourth-order valence-corrected chi connectivity index (χ4v) is 4.52. The lowest BCUT2D eigenvalue weighted by Gasteiger charge is -2.29. The predicted octanol–water partition coefficient (Wildman–Crippen LogP) is 3.80. The molecule has 2 unspecified atom stereocenters. The summed E-state index contributed by atoms with van der Waals surface area (Å²) in [6.07, 6.45) is 0. The molecule has 2 rings (SSSR count). The van der Waals surface area contributed by atoms with E-state index in [1.807, 2.05) is 6.92 Å². The number of thiazole rings is 1. The maximum absolute atomic E-state index is 6.17. The van der Waals surface area contributed by atoms with Crippen LogP contribution in [-0.2, 0) is 6.54 Å². The van der Waals surface area contributed by atoms with E-state index in [-0.39, 0.29) is 12.1 Å². The summed E-state index contributed by atoms with van der Waals surface area (Å²) in [6, 6.07) is 2.45. The van der Waals surface area contributed by atoms with Crippen LogP contribution in [0.15, 0.2) is 21.3 Å². The van der Waals surface area contributed by atoms with Gasteiger partial charge in [-0.2, -0.15) is 0 Å². The van der Waals surface area contributed by atoms with E-state index >= 15 is 0 Å². The lowest BCUT2D eigenvalue weighted by atomic mass is 10.1. The van der Waals surface area contributed by atoms with E-state index in [9.17, 15) is 0 Å². The normalized spacial score (nSPS) is 14.8. The Labute approximate surface area is 130 Å². The third kappa shape index (κ3) is 3.86. The highest BCUT2D eigenvalue weighted by Crippen LogP contribution is 2.31. The topological polar surface area (TPSA) is 42.2 Å². The minimum absolute atomic E-state index is 0.0790. The number of aryl methyl sites for hydroxylation is 1. The van der Waals surface area contributed by atoms with E-state index < -0.39 is 0 Å². The molecule has 0 fully saturated rings. The molecule has 104 valence electrons. The van der Waals surface area contributed by atoms with Gasteiger partial charge in [-0.05, 0) is 42.9 Å². The first kappa shape index (κ1) is 15.1. The Morgan fingerprint density at radius 1 is 1.42 bits per heavy atom. The molecule has 2 aromatic rings. The quantitative estimate of drug-likeness (QED) is 0.882. The number of rotatable bonds is 5. The zero-order valence-electron chi connectivity index (χ0n) is 11.3. The van der Waals surface area contributed by atoms with Crippen LogP contribution in [0.5, 0.6) is 0 Å². The van der Waals surface area contributed by atoms with Crippen molar-refractivity contribution < 1.29 is 0 Å². The average molecular weight is 360 g/mol. The van der Waals surface area contributed by atoms with Crippen molar-refractivity contribution in [1.82, 2.24) is 9.88 Å². The molecule has 0 aliphatic rings. The third-order valence-corrected chi connectivity index (χ3v) is 5.52. The van der Waals surface area contributed by atoms with Gasteiger partial charge in [0.05, 0.1) is 16.7 Å². The van der Waals surface area contributed by atoms with Crippen LogP contribution in [0, 0.1) is 6.92 Å². The van der Waals surface area contributed by atoms with Gasteiger partial charge in [0.15, 0.2) is 0 Å². The predicted molar refractivity (Wildman–Crippen MR) is 86.7 cm³/mol. The average Bonchev–Trinajstić information content (AvgIpc) is 2.88. The van der Waals surface area contributed by atoms with E-state index in [4.69, 9.17) is 5.73 Å². The van der Waals surface area contributed by atoms with E-state index in [0.29, 0.717) is 0 Å². The summed E-state index contributed by atoms with van der Waals surface area (Å²) in [6.45, 7) is 4.92. The van der Waals surface area contributed by atoms with Gasteiger partial charge in [-0.3, -0.25) is 4.90 Å². The smallest absolute Gasteiger partial charge is 0.0897 e. The van der Waals surface area contributed by atoms with Crippen molar-refractivity contribution in [3.8, 4) is 0 Å². The number of halogens is 1. The van der Waals surface area contributed by atoms with Gasteiger partial charge in [-0.25, -0.2) is 4.98 Å². The molecular weight excluding hydrogens is 342 g/mol. The molecule has 0 spiro atoms. The Morgan fingerprint density at radius 3 is 2.63 bits per heavy atom. The van der Waals surface area contributed by atoms with Crippen molar-refractivity contribution in [3.63, 3.8) is 0 Å². The Bertz CT molecular complexity index is 535. The summed E-state index contributed by atoms with van der Waals surface area (Å²) in [5.74, 6) is 0. The van der Waals surface area contributed by atoms with Crippen LogP contribution >= 0.6 is 38.6 Å². The van der Waals surface area contributed by atoms with Crippen LogP contribution in [0.2, 0.25) is 0 Å². The standard InChI is InChI=1S/C13H18BrN3S2/c1-8(15)13(12-4-10(14)6-19-12)17(3)5-11-7-18-9(2)16-11/h4,6-8,13H,5,15H2,1-3H3. The molecule has 6 heteroatoms. The SMILES string of the molecule is Cc1nc(CN(C)C(c2cc(Br)cs2)C(C)N)cs1. The zero-order chi connectivity index (χ0) is 14.0. The van der Waals surface area contributed by atoms with E-state index in [0.717, 1.165) is 21.7 Å². The number of likely N-dealkylation sites (N-methyl/N-ethyl adjacent to an activating group) is 1. The van der Waals surface area contributed by atoms with Crippen LogP contribution in [0.1, 0.15) is 28.5 Å². The molecule has 0 aromatic carbocycles. The highest BCUT2D eigenvalue weighted by atomic mass is 79.9. The molecule has 0 radical (unpaired) electrons. The molecular formula is C13H18BrN3S2. The van der Waals surface area contributed by atoms with Gasteiger partial charge < -0.3 is 5.73 Å². The largest absolute Gasteiger partial charge is 0.326 e. The molecule has 19 heavy (non-hydrogen) atoms. The number of aromatic nitrogens is 1. The van der Waals surface area contributed by atoms with Crippen molar-refractivity contribution in [2.45, 2.75) is 32.5 Å². The first-order chi connectivity index (χ1) is 8.97. The van der Waals surface area contributed by atoms with E-state index in [1.54, 1.807) is 22.7 Å². The zero-order valence-corrected chi connectivity index (χ0v) is 14.5. The van der Waals surface area contributed by atoms with Crippen LogP contribution in [0.25, 0.3) is 0 Å². The summed E-state index contributed by atoms with van der Waals surface area (Å²) in [7, 11) is 2.11. The van der Waals surface area contributed by atoms with Gasteiger partial charge in [0.2, 0.25) is 0 Å². The lowest BCUT2D eigenvalue weighted by molar-refractivity contribution is 0.212. The van der Waals surface area contributed by atoms with Crippen molar-refractivity contribution in [1.29, 1.82) is 0 Å². The molecule has 2 heterocycles. The Kier molecular flexibility index (Phi) is 5.14. The second-order valence-corrected chi connectivity index (χ2v) is 7.66. The van der Waals surface area contributed by atoms with Crippen molar-refractivity contribution in [2.24, 2.45) is 5.73 Å². The summed E-state index contributed by atoms with van der Waals surface area (Å²) < 4.78 is 1.12. The number of thiophene rings is 1. The van der Waals surface area contributed by atoms with Crippen LogP contribution in [-0.4, -0.2) is 23.0 Å². The fourth-order valence-electron chi connectivity index (χ4n) is 2.20. The Morgan fingerprint density at radius 2 is 2.16 bits per heavy atom. The molecule has 0 saturated carbocycles. The highest BCUT2D eigenvalue weighted by Gasteiger charge is 2.23. The van der Waals surface area contributed by atoms with E-state index in [1.165, 1.54) is 4.88 Å². The molecule has 3 nitrogen and oxygen atoms in total. The van der Waals surface area contributed by atoms with Crippen LogP contribution < -0.4 is 5.73 Å². The van der Waals surface area contributed by atoms with Gasteiger partial charge in [-0.15, -0.1) is 22.7 Å². The van der Waals surface area contributed by atoms with Gasteiger partial charge in [-0.1, -0.05) is 0 Å².